The maximum Gasteiger partial charge on any atom is 0.306 e. The molecule has 0 bridgehead atoms. The third-order valence-corrected chi connectivity index (χ3v) is 3.95. The largest absolute Gasteiger partial charge is 0.481 e. The summed E-state index contributed by atoms with van der Waals surface area (Å²) >= 11 is 0. The number of hydrogen-bond donors (Lipinski definition) is 1. The Morgan fingerprint density at radius 2 is 2.13 bits per heavy atom. The molecule has 2 heteroatoms. The molecule has 1 rings (SSSR count). The van der Waals surface area contributed by atoms with Gasteiger partial charge in [0.25, 0.3) is 0 Å². The summed E-state index contributed by atoms with van der Waals surface area (Å²) in [4.78, 5) is 11.2. The number of rotatable bonds is 4. The standard InChI is InChI=1S/C13H24O2/c1-4-5-10(3)12-8-9(2)6-7-11(12)13(14)15/h9-12H,4-8H2,1-3H3,(H,14,15). The monoisotopic (exact) mass is 212 g/mol. The lowest BCUT2D eigenvalue weighted by atomic mass is 9.68. The first kappa shape index (κ1) is 12.5. The van der Waals surface area contributed by atoms with E-state index in [0.717, 1.165) is 19.3 Å². The molecule has 1 N–H and O–H groups in total. The van der Waals surface area contributed by atoms with Gasteiger partial charge >= 0.3 is 5.97 Å². The van der Waals surface area contributed by atoms with Crippen LogP contribution in [0.2, 0.25) is 0 Å². The molecule has 15 heavy (non-hydrogen) atoms. The van der Waals surface area contributed by atoms with Gasteiger partial charge < -0.3 is 5.11 Å². The molecule has 88 valence electrons. The number of hydrogen-bond acceptors (Lipinski definition) is 1. The topological polar surface area (TPSA) is 37.3 Å². The van der Waals surface area contributed by atoms with Crippen LogP contribution < -0.4 is 0 Å². The molecule has 4 unspecified atom stereocenters. The smallest absolute Gasteiger partial charge is 0.306 e. The van der Waals surface area contributed by atoms with Crippen LogP contribution >= 0.6 is 0 Å². The maximum atomic E-state index is 11.2. The van der Waals surface area contributed by atoms with E-state index in [1.54, 1.807) is 0 Å². The summed E-state index contributed by atoms with van der Waals surface area (Å²) in [6.07, 6.45) is 5.42. The Balaban J connectivity index is 2.65. The molecule has 0 radical (unpaired) electrons. The normalized spacial score (nSPS) is 33.7. The summed E-state index contributed by atoms with van der Waals surface area (Å²) in [6, 6.07) is 0. The third kappa shape index (κ3) is 3.22. The highest BCUT2D eigenvalue weighted by Gasteiger charge is 2.36. The van der Waals surface area contributed by atoms with Crippen LogP contribution in [-0.4, -0.2) is 11.1 Å². The Bertz CT molecular complexity index is 213. The van der Waals surface area contributed by atoms with Crippen molar-refractivity contribution in [1.29, 1.82) is 0 Å². The average Bonchev–Trinajstić information content (AvgIpc) is 2.17. The van der Waals surface area contributed by atoms with E-state index < -0.39 is 5.97 Å². The van der Waals surface area contributed by atoms with Gasteiger partial charge in [-0.1, -0.05) is 33.6 Å². The van der Waals surface area contributed by atoms with Crippen LogP contribution in [0.3, 0.4) is 0 Å². The quantitative estimate of drug-likeness (QED) is 0.773. The van der Waals surface area contributed by atoms with Gasteiger partial charge in [0.2, 0.25) is 0 Å². The van der Waals surface area contributed by atoms with Crippen molar-refractivity contribution in [1.82, 2.24) is 0 Å². The minimum Gasteiger partial charge on any atom is -0.481 e. The van der Waals surface area contributed by atoms with Crippen molar-refractivity contribution in [2.45, 2.75) is 52.9 Å². The average molecular weight is 212 g/mol. The summed E-state index contributed by atoms with van der Waals surface area (Å²) in [5, 5.41) is 9.21. The molecule has 0 aromatic rings. The fourth-order valence-electron chi connectivity index (χ4n) is 3.03. The van der Waals surface area contributed by atoms with Crippen LogP contribution in [0.15, 0.2) is 0 Å². The molecule has 2 nitrogen and oxygen atoms in total. The first-order chi connectivity index (χ1) is 7.06. The van der Waals surface area contributed by atoms with Gasteiger partial charge in [0.05, 0.1) is 5.92 Å². The maximum absolute atomic E-state index is 11.2. The zero-order valence-electron chi connectivity index (χ0n) is 10.2. The second-order valence-electron chi connectivity index (χ2n) is 5.29. The molecule has 1 saturated carbocycles. The van der Waals surface area contributed by atoms with Crippen molar-refractivity contribution in [3.8, 4) is 0 Å². The van der Waals surface area contributed by atoms with Crippen LogP contribution in [-0.2, 0) is 4.79 Å². The second-order valence-corrected chi connectivity index (χ2v) is 5.29. The molecule has 0 aromatic carbocycles. The predicted molar refractivity (Wildman–Crippen MR) is 61.7 cm³/mol. The van der Waals surface area contributed by atoms with Crippen LogP contribution in [0.25, 0.3) is 0 Å². The number of carbonyl (C=O) groups is 1. The first-order valence-corrected chi connectivity index (χ1v) is 6.29. The zero-order chi connectivity index (χ0) is 11.4. The molecule has 0 amide bonds. The second kappa shape index (κ2) is 5.53. The van der Waals surface area contributed by atoms with Crippen molar-refractivity contribution >= 4 is 5.97 Å². The van der Waals surface area contributed by atoms with Crippen LogP contribution in [0.5, 0.6) is 0 Å². The van der Waals surface area contributed by atoms with Gasteiger partial charge in [0.15, 0.2) is 0 Å². The first-order valence-electron chi connectivity index (χ1n) is 6.29. The molecule has 1 fully saturated rings. The molecular formula is C13H24O2. The van der Waals surface area contributed by atoms with Crippen molar-refractivity contribution in [2.24, 2.45) is 23.7 Å². The Morgan fingerprint density at radius 1 is 1.47 bits per heavy atom. The summed E-state index contributed by atoms with van der Waals surface area (Å²) in [6.45, 7) is 6.66. The van der Waals surface area contributed by atoms with Gasteiger partial charge in [-0.2, -0.15) is 0 Å². The van der Waals surface area contributed by atoms with Gasteiger partial charge in [-0.3, -0.25) is 4.79 Å². The van der Waals surface area contributed by atoms with Crippen molar-refractivity contribution < 1.29 is 9.90 Å². The third-order valence-electron chi connectivity index (χ3n) is 3.95. The predicted octanol–water partition coefficient (Wildman–Crippen LogP) is 3.56. The van der Waals surface area contributed by atoms with Crippen LogP contribution in [0.4, 0.5) is 0 Å². The van der Waals surface area contributed by atoms with Gasteiger partial charge in [-0.15, -0.1) is 0 Å². The molecule has 0 aliphatic heterocycles. The fourth-order valence-corrected chi connectivity index (χ4v) is 3.03. The molecule has 4 atom stereocenters. The number of carboxylic acids is 1. The van der Waals surface area contributed by atoms with Gasteiger partial charge in [0, 0.05) is 0 Å². The summed E-state index contributed by atoms with van der Waals surface area (Å²) in [5.74, 6) is 1.03. The lowest BCUT2D eigenvalue weighted by Gasteiger charge is -2.36. The van der Waals surface area contributed by atoms with Crippen LogP contribution in [0.1, 0.15) is 52.9 Å². The van der Waals surface area contributed by atoms with Gasteiger partial charge in [-0.05, 0) is 37.0 Å². The van der Waals surface area contributed by atoms with E-state index in [1.807, 2.05) is 0 Å². The van der Waals surface area contributed by atoms with Crippen molar-refractivity contribution in [2.75, 3.05) is 0 Å². The lowest BCUT2D eigenvalue weighted by molar-refractivity contribution is -0.146. The Labute approximate surface area is 93.1 Å². The molecule has 0 spiro atoms. The Kier molecular flexibility index (Phi) is 4.62. The summed E-state index contributed by atoms with van der Waals surface area (Å²) in [5.41, 5.74) is 0. The van der Waals surface area contributed by atoms with E-state index in [2.05, 4.69) is 20.8 Å². The zero-order valence-corrected chi connectivity index (χ0v) is 10.2. The van der Waals surface area contributed by atoms with Crippen molar-refractivity contribution in [3.05, 3.63) is 0 Å². The highest BCUT2D eigenvalue weighted by molar-refractivity contribution is 5.70. The lowest BCUT2D eigenvalue weighted by Crippen LogP contribution is -2.33. The summed E-state index contributed by atoms with van der Waals surface area (Å²) < 4.78 is 0. The number of aliphatic carboxylic acids is 1. The van der Waals surface area contributed by atoms with Crippen molar-refractivity contribution in [3.63, 3.8) is 0 Å². The van der Waals surface area contributed by atoms with E-state index in [0.29, 0.717) is 17.8 Å². The highest BCUT2D eigenvalue weighted by atomic mass is 16.4. The highest BCUT2D eigenvalue weighted by Crippen LogP contribution is 2.39. The van der Waals surface area contributed by atoms with E-state index in [-0.39, 0.29) is 5.92 Å². The van der Waals surface area contributed by atoms with Gasteiger partial charge in [0.1, 0.15) is 0 Å². The number of carboxylic acid groups (broad SMARTS) is 1. The molecule has 1 aliphatic rings. The van der Waals surface area contributed by atoms with Crippen LogP contribution in [0, 0.1) is 23.7 Å². The van der Waals surface area contributed by atoms with E-state index in [1.165, 1.54) is 12.8 Å². The SMILES string of the molecule is CCCC(C)C1CC(C)CCC1C(=O)O. The Morgan fingerprint density at radius 3 is 2.67 bits per heavy atom. The van der Waals surface area contributed by atoms with E-state index >= 15 is 0 Å². The van der Waals surface area contributed by atoms with E-state index in [9.17, 15) is 9.90 Å². The minimum absolute atomic E-state index is 0.0808. The summed E-state index contributed by atoms with van der Waals surface area (Å²) in [7, 11) is 0. The molecule has 0 aromatic heterocycles. The molecule has 1 aliphatic carbocycles. The van der Waals surface area contributed by atoms with E-state index in [4.69, 9.17) is 0 Å². The fraction of sp³-hybridized carbons (Fsp3) is 0.923. The molecule has 0 saturated heterocycles. The minimum atomic E-state index is -0.574. The Hall–Kier alpha value is -0.530. The molecular weight excluding hydrogens is 188 g/mol. The molecule has 0 heterocycles. The van der Waals surface area contributed by atoms with Gasteiger partial charge in [-0.25, -0.2) is 0 Å².